The Morgan fingerprint density at radius 1 is 1.44 bits per heavy atom. The number of carboxylic acid groups (broad SMARTS) is 1. The Bertz CT molecular complexity index is 326. The highest BCUT2D eigenvalue weighted by Crippen LogP contribution is 2.50. The first-order valence-electron chi connectivity index (χ1n) is 6.50. The van der Waals surface area contributed by atoms with Crippen molar-refractivity contribution in [2.75, 3.05) is 13.1 Å². The molecular weight excluding hydrogens is 232 g/mol. The number of urea groups is 1. The molecule has 1 rings (SSSR count). The predicted molar refractivity (Wildman–Crippen MR) is 69.4 cm³/mol. The smallest absolute Gasteiger partial charge is 0.317 e. The van der Waals surface area contributed by atoms with Crippen molar-refractivity contribution in [1.29, 1.82) is 0 Å². The van der Waals surface area contributed by atoms with Crippen LogP contribution in [0.15, 0.2) is 0 Å². The predicted octanol–water partition coefficient (Wildman–Crippen LogP) is 1.93. The van der Waals surface area contributed by atoms with Gasteiger partial charge in [-0.2, -0.15) is 0 Å². The Labute approximate surface area is 109 Å². The molecule has 0 aromatic carbocycles. The summed E-state index contributed by atoms with van der Waals surface area (Å²) in [4.78, 5) is 24.1. The van der Waals surface area contributed by atoms with E-state index < -0.39 is 5.97 Å². The Morgan fingerprint density at radius 2 is 2.00 bits per heavy atom. The molecule has 2 amide bonds. The van der Waals surface area contributed by atoms with Crippen LogP contribution < -0.4 is 5.32 Å². The second kappa shape index (κ2) is 5.59. The van der Waals surface area contributed by atoms with Crippen molar-refractivity contribution in [1.82, 2.24) is 10.2 Å². The molecule has 0 aliphatic heterocycles. The van der Waals surface area contributed by atoms with E-state index in [4.69, 9.17) is 5.11 Å². The van der Waals surface area contributed by atoms with E-state index in [1.165, 1.54) is 0 Å². The Morgan fingerprint density at radius 3 is 2.39 bits per heavy atom. The van der Waals surface area contributed by atoms with Crippen LogP contribution in [-0.4, -0.2) is 41.1 Å². The molecule has 5 heteroatoms. The minimum absolute atomic E-state index is 0.0107. The average molecular weight is 256 g/mol. The van der Waals surface area contributed by atoms with Crippen molar-refractivity contribution in [3.63, 3.8) is 0 Å². The quantitative estimate of drug-likeness (QED) is 0.763. The van der Waals surface area contributed by atoms with Crippen molar-refractivity contribution in [2.24, 2.45) is 11.3 Å². The molecule has 1 fully saturated rings. The number of carbonyl (C=O) groups is 2. The molecule has 0 aromatic rings. The van der Waals surface area contributed by atoms with Crippen LogP contribution >= 0.6 is 0 Å². The zero-order valence-electron chi connectivity index (χ0n) is 11.7. The Balaban J connectivity index is 2.37. The van der Waals surface area contributed by atoms with Gasteiger partial charge in [0.05, 0.1) is 6.42 Å². The first-order valence-corrected chi connectivity index (χ1v) is 6.50. The molecule has 18 heavy (non-hydrogen) atoms. The van der Waals surface area contributed by atoms with Gasteiger partial charge in [-0.05, 0) is 31.6 Å². The van der Waals surface area contributed by atoms with Gasteiger partial charge in [0.2, 0.25) is 0 Å². The van der Waals surface area contributed by atoms with Crippen LogP contribution in [0.2, 0.25) is 0 Å². The lowest BCUT2D eigenvalue weighted by atomic mass is 10.1. The van der Waals surface area contributed by atoms with E-state index in [0.717, 1.165) is 6.42 Å². The number of hydrogen-bond acceptors (Lipinski definition) is 2. The van der Waals surface area contributed by atoms with Crippen molar-refractivity contribution in [3.8, 4) is 0 Å². The van der Waals surface area contributed by atoms with Gasteiger partial charge in [-0.3, -0.25) is 4.79 Å². The molecule has 0 aromatic heterocycles. The first kappa shape index (κ1) is 14.8. The lowest BCUT2D eigenvalue weighted by Gasteiger charge is -2.26. The van der Waals surface area contributed by atoms with Crippen LogP contribution in [-0.2, 0) is 4.79 Å². The molecule has 1 atom stereocenters. The van der Waals surface area contributed by atoms with Crippen LogP contribution in [0.4, 0.5) is 4.79 Å². The topological polar surface area (TPSA) is 69.6 Å². The minimum Gasteiger partial charge on any atom is -0.481 e. The third-order valence-electron chi connectivity index (χ3n) is 3.67. The molecule has 0 spiro atoms. The maximum Gasteiger partial charge on any atom is 0.317 e. The lowest BCUT2D eigenvalue weighted by molar-refractivity contribution is -0.137. The van der Waals surface area contributed by atoms with E-state index in [1.54, 1.807) is 4.90 Å². The SMILES string of the molecule is CC(C)N(CCC(=O)O)C(=O)NCC1CC1(C)C. The average Bonchev–Trinajstić information content (AvgIpc) is 2.82. The van der Waals surface area contributed by atoms with Gasteiger partial charge in [-0.15, -0.1) is 0 Å². The van der Waals surface area contributed by atoms with Gasteiger partial charge in [0, 0.05) is 19.1 Å². The van der Waals surface area contributed by atoms with E-state index in [1.807, 2.05) is 13.8 Å². The van der Waals surface area contributed by atoms with Gasteiger partial charge in [-0.1, -0.05) is 13.8 Å². The van der Waals surface area contributed by atoms with E-state index in [2.05, 4.69) is 19.2 Å². The van der Waals surface area contributed by atoms with Crippen molar-refractivity contribution in [2.45, 2.75) is 46.6 Å². The Kier molecular flexibility index (Phi) is 4.59. The summed E-state index contributed by atoms with van der Waals surface area (Å²) in [6, 6.07) is -0.148. The standard InChI is InChI=1S/C13H24N2O3/c1-9(2)15(6-5-11(16)17)12(18)14-8-10-7-13(10,3)4/h9-10H,5-8H2,1-4H3,(H,14,18)(H,16,17). The fourth-order valence-electron chi connectivity index (χ4n) is 2.05. The van der Waals surface area contributed by atoms with E-state index in [0.29, 0.717) is 17.9 Å². The number of hydrogen-bond donors (Lipinski definition) is 2. The van der Waals surface area contributed by atoms with E-state index >= 15 is 0 Å². The summed E-state index contributed by atoms with van der Waals surface area (Å²) in [6.07, 6.45) is 1.13. The Hall–Kier alpha value is -1.26. The van der Waals surface area contributed by atoms with Crippen molar-refractivity contribution in [3.05, 3.63) is 0 Å². The minimum atomic E-state index is -0.878. The largest absolute Gasteiger partial charge is 0.481 e. The second-order valence-corrected chi connectivity index (χ2v) is 6.01. The number of rotatable bonds is 6. The third-order valence-corrected chi connectivity index (χ3v) is 3.67. The molecule has 1 aliphatic carbocycles. The summed E-state index contributed by atoms with van der Waals surface area (Å²) in [5.74, 6) is -0.327. The number of amides is 2. The van der Waals surface area contributed by atoms with E-state index in [-0.39, 0.29) is 25.0 Å². The molecular formula is C13H24N2O3. The summed E-state index contributed by atoms with van der Waals surface area (Å²) in [7, 11) is 0. The van der Waals surface area contributed by atoms with Crippen molar-refractivity contribution < 1.29 is 14.7 Å². The van der Waals surface area contributed by atoms with Gasteiger partial charge >= 0.3 is 12.0 Å². The van der Waals surface area contributed by atoms with Gasteiger partial charge < -0.3 is 15.3 Å². The summed E-state index contributed by atoms with van der Waals surface area (Å²) >= 11 is 0. The second-order valence-electron chi connectivity index (χ2n) is 6.01. The number of carboxylic acids is 1. The summed E-state index contributed by atoms with van der Waals surface area (Å²) < 4.78 is 0. The zero-order chi connectivity index (χ0) is 13.9. The molecule has 5 nitrogen and oxygen atoms in total. The van der Waals surface area contributed by atoms with Gasteiger partial charge in [-0.25, -0.2) is 4.79 Å². The molecule has 1 aliphatic rings. The maximum atomic E-state index is 12.0. The van der Waals surface area contributed by atoms with Gasteiger partial charge in [0.1, 0.15) is 0 Å². The summed E-state index contributed by atoms with van der Waals surface area (Å²) in [6.45, 7) is 9.10. The van der Waals surface area contributed by atoms with Crippen LogP contribution in [0.25, 0.3) is 0 Å². The molecule has 1 unspecified atom stereocenters. The molecule has 0 heterocycles. The number of aliphatic carboxylic acids is 1. The normalized spacial score (nSPS) is 20.6. The first-order chi connectivity index (χ1) is 8.24. The molecule has 2 N–H and O–H groups in total. The zero-order valence-corrected chi connectivity index (χ0v) is 11.7. The molecule has 0 bridgehead atoms. The highest BCUT2D eigenvalue weighted by molar-refractivity contribution is 5.75. The lowest BCUT2D eigenvalue weighted by Crippen LogP contribution is -2.45. The molecule has 1 saturated carbocycles. The molecule has 0 saturated heterocycles. The number of nitrogens with zero attached hydrogens (tertiary/aromatic N) is 1. The summed E-state index contributed by atoms with van der Waals surface area (Å²) in [5, 5.41) is 11.6. The monoisotopic (exact) mass is 256 g/mol. The van der Waals surface area contributed by atoms with Crippen LogP contribution in [0.3, 0.4) is 0 Å². The van der Waals surface area contributed by atoms with Crippen LogP contribution in [0.5, 0.6) is 0 Å². The fraction of sp³-hybridized carbons (Fsp3) is 0.846. The summed E-state index contributed by atoms with van der Waals surface area (Å²) in [5.41, 5.74) is 0.344. The highest BCUT2D eigenvalue weighted by atomic mass is 16.4. The van der Waals surface area contributed by atoms with Gasteiger partial charge in [0.25, 0.3) is 0 Å². The van der Waals surface area contributed by atoms with Crippen LogP contribution in [0, 0.1) is 11.3 Å². The number of carbonyl (C=O) groups excluding carboxylic acids is 1. The fourth-order valence-corrected chi connectivity index (χ4v) is 2.05. The molecule has 0 radical (unpaired) electrons. The van der Waals surface area contributed by atoms with Gasteiger partial charge in [0.15, 0.2) is 0 Å². The molecule has 104 valence electrons. The third kappa shape index (κ3) is 4.20. The van der Waals surface area contributed by atoms with E-state index in [9.17, 15) is 9.59 Å². The maximum absolute atomic E-state index is 12.0. The number of nitrogens with one attached hydrogen (secondary N) is 1. The van der Waals surface area contributed by atoms with Crippen LogP contribution in [0.1, 0.15) is 40.5 Å². The highest BCUT2D eigenvalue weighted by Gasteiger charge is 2.45. The van der Waals surface area contributed by atoms with Crippen molar-refractivity contribution >= 4 is 12.0 Å².